The first-order valence-corrected chi connectivity index (χ1v) is 7.99. The van der Waals surface area contributed by atoms with Crippen molar-refractivity contribution in [1.82, 2.24) is 15.2 Å². The molecule has 3 aliphatic rings. The lowest BCUT2D eigenvalue weighted by Gasteiger charge is -2.44. The number of anilines is 1. The maximum absolute atomic E-state index is 12.3. The van der Waals surface area contributed by atoms with Crippen LogP contribution >= 0.6 is 0 Å². The van der Waals surface area contributed by atoms with E-state index < -0.39 is 0 Å². The van der Waals surface area contributed by atoms with Crippen molar-refractivity contribution in [2.45, 2.75) is 32.2 Å². The van der Waals surface area contributed by atoms with Crippen LogP contribution in [0.4, 0.5) is 5.69 Å². The van der Waals surface area contributed by atoms with Gasteiger partial charge in [-0.15, -0.1) is 0 Å². The van der Waals surface area contributed by atoms with Crippen molar-refractivity contribution in [2.75, 3.05) is 31.5 Å². The number of hydrogen-bond donors (Lipinski definition) is 2. The number of pyridine rings is 1. The van der Waals surface area contributed by atoms with Crippen molar-refractivity contribution < 1.29 is 4.79 Å². The zero-order chi connectivity index (χ0) is 14.7. The standard InChI is InChI=1S/C16H24N4O/c1-2-7-17-13-3-4-14(18-10-13)16(21)19-15-11-20-8-5-12(15)6-9-20/h3-4,10,12,15,17H,2,5-9,11H2,1H3,(H,19,21). The second-order valence-electron chi connectivity index (χ2n) is 6.08. The average molecular weight is 288 g/mol. The number of amides is 1. The first-order chi connectivity index (χ1) is 10.3. The van der Waals surface area contributed by atoms with Gasteiger partial charge in [-0.05, 0) is 50.4 Å². The number of nitrogens with zero attached hydrogens (tertiary/aromatic N) is 2. The molecule has 0 aromatic carbocycles. The van der Waals surface area contributed by atoms with E-state index in [0.29, 0.717) is 17.7 Å². The fraction of sp³-hybridized carbons (Fsp3) is 0.625. The largest absolute Gasteiger partial charge is 0.384 e. The monoisotopic (exact) mass is 288 g/mol. The molecule has 1 unspecified atom stereocenters. The van der Waals surface area contributed by atoms with Gasteiger partial charge in [0.1, 0.15) is 5.69 Å². The van der Waals surface area contributed by atoms with Gasteiger partial charge in [-0.2, -0.15) is 0 Å². The predicted molar refractivity (Wildman–Crippen MR) is 83.4 cm³/mol. The summed E-state index contributed by atoms with van der Waals surface area (Å²) in [6.45, 7) is 6.41. The lowest BCUT2D eigenvalue weighted by atomic mass is 9.84. The smallest absolute Gasteiger partial charge is 0.270 e. The Balaban J connectivity index is 1.57. The highest BCUT2D eigenvalue weighted by atomic mass is 16.1. The molecular formula is C16H24N4O. The Morgan fingerprint density at radius 2 is 2.19 bits per heavy atom. The van der Waals surface area contributed by atoms with E-state index >= 15 is 0 Å². The summed E-state index contributed by atoms with van der Waals surface area (Å²) in [5, 5.41) is 6.43. The van der Waals surface area contributed by atoms with E-state index in [9.17, 15) is 4.79 Å². The van der Waals surface area contributed by atoms with Crippen LogP contribution in [0.5, 0.6) is 0 Å². The molecule has 2 N–H and O–H groups in total. The summed E-state index contributed by atoms with van der Waals surface area (Å²) in [5.74, 6) is 0.597. The predicted octanol–water partition coefficient (Wildman–Crippen LogP) is 1.73. The van der Waals surface area contributed by atoms with Crippen molar-refractivity contribution >= 4 is 11.6 Å². The molecule has 0 saturated carbocycles. The van der Waals surface area contributed by atoms with E-state index in [-0.39, 0.29) is 5.91 Å². The molecule has 2 bridgehead atoms. The number of nitrogens with one attached hydrogen (secondary N) is 2. The molecule has 1 aromatic rings. The summed E-state index contributed by atoms with van der Waals surface area (Å²) in [6, 6.07) is 4.02. The Morgan fingerprint density at radius 3 is 2.76 bits per heavy atom. The minimum absolute atomic E-state index is 0.0456. The normalized spacial score (nSPS) is 27.4. The molecule has 4 rings (SSSR count). The third-order valence-corrected chi connectivity index (χ3v) is 4.55. The van der Waals surface area contributed by atoms with E-state index in [0.717, 1.165) is 25.2 Å². The Bertz CT molecular complexity index is 480. The quantitative estimate of drug-likeness (QED) is 0.866. The van der Waals surface area contributed by atoms with Gasteiger partial charge in [0, 0.05) is 19.1 Å². The lowest BCUT2D eigenvalue weighted by molar-refractivity contribution is 0.0618. The van der Waals surface area contributed by atoms with Crippen LogP contribution in [0.25, 0.3) is 0 Å². The van der Waals surface area contributed by atoms with E-state index in [4.69, 9.17) is 0 Å². The number of rotatable bonds is 5. The first-order valence-electron chi connectivity index (χ1n) is 7.99. The number of piperidine rings is 3. The van der Waals surface area contributed by atoms with Gasteiger partial charge >= 0.3 is 0 Å². The van der Waals surface area contributed by atoms with Crippen LogP contribution in [0.15, 0.2) is 18.3 Å². The summed E-state index contributed by atoms with van der Waals surface area (Å²) >= 11 is 0. The number of fused-ring (bicyclic) bond motifs is 3. The van der Waals surface area contributed by atoms with Crippen LogP contribution in [-0.4, -0.2) is 48.0 Å². The molecule has 0 aliphatic carbocycles. The fourth-order valence-electron chi connectivity index (χ4n) is 3.27. The van der Waals surface area contributed by atoms with Gasteiger partial charge in [-0.3, -0.25) is 4.79 Å². The fourth-order valence-corrected chi connectivity index (χ4v) is 3.27. The third-order valence-electron chi connectivity index (χ3n) is 4.55. The van der Waals surface area contributed by atoms with Gasteiger partial charge < -0.3 is 15.5 Å². The van der Waals surface area contributed by atoms with Gasteiger partial charge in [0.25, 0.3) is 5.91 Å². The van der Waals surface area contributed by atoms with Gasteiger partial charge in [0.2, 0.25) is 0 Å². The Labute approximate surface area is 126 Å². The van der Waals surface area contributed by atoms with Crippen LogP contribution < -0.4 is 10.6 Å². The van der Waals surface area contributed by atoms with Crippen LogP contribution in [0, 0.1) is 5.92 Å². The van der Waals surface area contributed by atoms with Crippen LogP contribution in [0.3, 0.4) is 0 Å². The van der Waals surface area contributed by atoms with E-state index in [1.54, 1.807) is 12.3 Å². The third kappa shape index (κ3) is 3.35. The minimum Gasteiger partial charge on any atom is -0.384 e. The van der Waals surface area contributed by atoms with Gasteiger partial charge in [-0.1, -0.05) is 6.92 Å². The molecule has 5 nitrogen and oxygen atoms in total. The van der Waals surface area contributed by atoms with Crippen LogP contribution in [-0.2, 0) is 0 Å². The molecule has 0 radical (unpaired) electrons. The molecule has 21 heavy (non-hydrogen) atoms. The molecule has 3 saturated heterocycles. The second kappa shape index (κ2) is 6.43. The maximum atomic E-state index is 12.3. The summed E-state index contributed by atoms with van der Waals surface area (Å²) in [7, 11) is 0. The highest BCUT2D eigenvalue weighted by Crippen LogP contribution is 2.27. The Kier molecular flexibility index (Phi) is 4.39. The Hall–Kier alpha value is -1.62. The minimum atomic E-state index is -0.0456. The number of carbonyl (C=O) groups is 1. The molecule has 0 spiro atoms. The molecule has 1 amide bonds. The van der Waals surface area contributed by atoms with Gasteiger partial charge in [-0.25, -0.2) is 4.98 Å². The SMILES string of the molecule is CCCNc1ccc(C(=O)NC2CN3CCC2CC3)nc1. The van der Waals surface area contributed by atoms with Crippen LogP contribution in [0.2, 0.25) is 0 Å². The molecule has 1 atom stereocenters. The summed E-state index contributed by atoms with van der Waals surface area (Å²) in [4.78, 5) is 19.0. The Morgan fingerprint density at radius 1 is 1.38 bits per heavy atom. The van der Waals surface area contributed by atoms with Gasteiger partial charge in [0.05, 0.1) is 11.9 Å². The highest BCUT2D eigenvalue weighted by molar-refractivity contribution is 5.92. The summed E-state index contributed by atoms with van der Waals surface area (Å²) in [5.41, 5.74) is 1.48. The molecule has 4 heterocycles. The number of aromatic nitrogens is 1. The lowest BCUT2D eigenvalue weighted by Crippen LogP contribution is -2.57. The summed E-state index contributed by atoms with van der Waals surface area (Å²) in [6.07, 6.45) is 5.22. The zero-order valence-corrected chi connectivity index (χ0v) is 12.6. The van der Waals surface area contributed by atoms with Crippen molar-refractivity contribution in [3.8, 4) is 0 Å². The molecular weight excluding hydrogens is 264 g/mol. The van der Waals surface area contributed by atoms with Crippen molar-refractivity contribution in [2.24, 2.45) is 5.92 Å². The van der Waals surface area contributed by atoms with Crippen molar-refractivity contribution in [3.63, 3.8) is 0 Å². The van der Waals surface area contributed by atoms with Crippen molar-refractivity contribution in [3.05, 3.63) is 24.0 Å². The number of carbonyl (C=O) groups excluding carboxylic acids is 1. The molecule has 114 valence electrons. The van der Waals surface area contributed by atoms with E-state index in [1.165, 1.54) is 25.9 Å². The topological polar surface area (TPSA) is 57.3 Å². The van der Waals surface area contributed by atoms with Gasteiger partial charge in [0.15, 0.2) is 0 Å². The first kappa shape index (κ1) is 14.3. The molecule has 5 heteroatoms. The zero-order valence-electron chi connectivity index (χ0n) is 12.6. The van der Waals surface area contributed by atoms with E-state index in [2.05, 4.69) is 27.4 Å². The molecule has 3 aliphatic heterocycles. The van der Waals surface area contributed by atoms with E-state index in [1.807, 2.05) is 6.07 Å². The van der Waals surface area contributed by atoms with Crippen LogP contribution in [0.1, 0.15) is 36.7 Å². The second-order valence-corrected chi connectivity index (χ2v) is 6.08. The maximum Gasteiger partial charge on any atom is 0.270 e. The average Bonchev–Trinajstić information content (AvgIpc) is 2.54. The molecule has 1 aromatic heterocycles. The van der Waals surface area contributed by atoms with Crippen molar-refractivity contribution in [1.29, 1.82) is 0 Å². The molecule has 3 fully saturated rings. The number of hydrogen-bond acceptors (Lipinski definition) is 4. The highest BCUT2D eigenvalue weighted by Gasteiger charge is 2.35. The summed E-state index contributed by atoms with van der Waals surface area (Å²) < 4.78 is 0.